The third-order valence-electron chi connectivity index (χ3n) is 7.92. The summed E-state index contributed by atoms with van der Waals surface area (Å²) in [5.74, 6) is -4.97. The van der Waals surface area contributed by atoms with Gasteiger partial charge in [0.2, 0.25) is 0 Å². The number of carbonyl (C=O) groups excluding carboxylic acids is 2. The molecule has 2 heterocycles. The van der Waals surface area contributed by atoms with Crippen molar-refractivity contribution in [3.05, 3.63) is 58.2 Å². The van der Waals surface area contributed by atoms with Gasteiger partial charge in [-0.1, -0.05) is 12.1 Å². The second kappa shape index (κ2) is 11.5. The van der Waals surface area contributed by atoms with Crippen LogP contribution in [0.3, 0.4) is 0 Å². The van der Waals surface area contributed by atoms with E-state index in [-0.39, 0.29) is 19.6 Å². The summed E-state index contributed by atoms with van der Waals surface area (Å²) in [4.78, 5) is 25.6. The number of halogens is 5. The molecular formula is C28H32BF5N2O6. The number of alkyl halides is 3. The van der Waals surface area contributed by atoms with E-state index in [2.05, 4.69) is 5.32 Å². The zero-order chi connectivity index (χ0) is 31.2. The number of hydrogen-bond donors (Lipinski definition) is 2. The Hall–Kier alpha value is -3.23. The van der Waals surface area contributed by atoms with Gasteiger partial charge < -0.3 is 29.4 Å². The largest absolute Gasteiger partial charge is 0.495 e. The Labute approximate surface area is 240 Å². The van der Waals surface area contributed by atoms with Gasteiger partial charge in [-0.2, -0.15) is 13.2 Å². The van der Waals surface area contributed by atoms with Crippen molar-refractivity contribution >= 4 is 30.1 Å². The van der Waals surface area contributed by atoms with Crippen LogP contribution in [0.4, 0.5) is 27.6 Å². The van der Waals surface area contributed by atoms with Crippen molar-refractivity contribution in [1.82, 2.24) is 5.32 Å². The second-order valence-corrected chi connectivity index (χ2v) is 11.3. The number of fused-ring (bicyclic) bond motifs is 1. The van der Waals surface area contributed by atoms with Crippen molar-refractivity contribution in [3.8, 4) is 0 Å². The van der Waals surface area contributed by atoms with Crippen LogP contribution >= 0.6 is 0 Å². The third-order valence-corrected chi connectivity index (χ3v) is 7.92. The predicted molar refractivity (Wildman–Crippen MR) is 143 cm³/mol. The number of methoxy groups -OCH3 is 1. The quantitative estimate of drug-likeness (QED) is 0.268. The van der Waals surface area contributed by atoms with Gasteiger partial charge in [-0.15, -0.1) is 0 Å². The molecule has 2 aromatic rings. The third kappa shape index (κ3) is 6.25. The molecule has 0 saturated carbocycles. The summed E-state index contributed by atoms with van der Waals surface area (Å²) in [6, 6.07) is 1.23. The van der Waals surface area contributed by atoms with E-state index in [1.165, 1.54) is 0 Å². The molecule has 4 rings (SSSR count). The topological polar surface area (TPSA) is 95.1 Å². The lowest BCUT2D eigenvalue weighted by atomic mass is 9.74. The first-order chi connectivity index (χ1) is 19.4. The lowest BCUT2D eigenvalue weighted by Crippen LogP contribution is -2.44. The highest BCUT2D eigenvalue weighted by atomic mass is 19.4. The molecule has 42 heavy (non-hydrogen) atoms. The predicted octanol–water partition coefficient (Wildman–Crippen LogP) is 4.17. The molecule has 2 aliphatic heterocycles. The standard InChI is InChI=1S/C28H32BF5N2O6/c1-14(28(32,33)34)35-16-10-20(30)23(21(31)11-16)24(37)36-22(25(38)39-6)9-15-7-8-19(18-13-40-12-17(15)18)29-41-26(2,3)27(4,5)42-29/h7-8,10-11,14,22,35H,9,12-13H2,1-6H3,(H,36,37)/t14-,22+/m1/s1. The maximum atomic E-state index is 14.8. The maximum absolute atomic E-state index is 14.8. The SMILES string of the molecule is COC(=O)[C@H](Cc1ccc(B2OC(C)(C)C(C)(C)O2)c2c1COC2)NC(=O)c1c(F)cc(N[C@H](C)C(F)(F)F)cc1F. The number of rotatable bonds is 8. The number of hydrogen-bond acceptors (Lipinski definition) is 7. The zero-order valence-electron chi connectivity index (χ0n) is 24.0. The van der Waals surface area contributed by atoms with E-state index in [9.17, 15) is 31.5 Å². The lowest BCUT2D eigenvalue weighted by molar-refractivity contribution is -0.143. The van der Waals surface area contributed by atoms with E-state index >= 15 is 0 Å². The number of ether oxygens (including phenoxy) is 2. The molecule has 1 amide bonds. The first-order valence-electron chi connectivity index (χ1n) is 13.2. The number of carbonyl (C=O) groups is 2. The molecule has 228 valence electrons. The van der Waals surface area contributed by atoms with Gasteiger partial charge in [0.15, 0.2) is 0 Å². The Morgan fingerprint density at radius 2 is 1.60 bits per heavy atom. The number of amides is 1. The van der Waals surface area contributed by atoms with Gasteiger partial charge in [-0.25, -0.2) is 13.6 Å². The molecule has 0 aromatic heterocycles. The minimum Gasteiger partial charge on any atom is -0.467 e. The molecule has 0 bridgehead atoms. The molecule has 0 unspecified atom stereocenters. The highest BCUT2D eigenvalue weighted by Crippen LogP contribution is 2.37. The lowest BCUT2D eigenvalue weighted by Gasteiger charge is -2.32. The number of esters is 1. The van der Waals surface area contributed by atoms with E-state index in [1.807, 2.05) is 33.0 Å². The molecule has 2 atom stereocenters. The molecule has 2 aliphatic rings. The van der Waals surface area contributed by atoms with Crippen molar-refractivity contribution in [1.29, 1.82) is 0 Å². The first-order valence-corrected chi connectivity index (χ1v) is 13.2. The van der Waals surface area contributed by atoms with E-state index in [0.717, 1.165) is 30.6 Å². The normalized spacial score (nSPS) is 18.8. The van der Waals surface area contributed by atoms with Crippen LogP contribution in [0.2, 0.25) is 0 Å². The summed E-state index contributed by atoms with van der Waals surface area (Å²) in [7, 11) is 0.443. The van der Waals surface area contributed by atoms with Crippen LogP contribution in [0.25, 0.3) is 0 Å². The number of nitrogens with one attached hydrogen (secondary N) is 2. The molecule has 14 heteroatoms. The van der Waals surface area contributed by atoms with Crippen LogP contribution < -0.4 is 16.1 Å². The fourth-order valence-electron chi connectivity index (χ4n) is 4.74. The average molecular weight is 598 g/mol. The molecule has 8 nitrogen and oxygen atoms in total. The summed E-state index contributed by atoms with van der Waals surface area (Å²) < 4.78 is 90.9. The van der Waals surface area contributed by atoms with E-state index < -0.39 is 71.3 Å². The Balaban J connectivity index is 1.57. The van der Waals surface area contributed by atoms with E-state index in [0.29, 0.717) is 17.7 Å². The van der Waals surface area contributed by atoms with Crippen molar-refractivity contribution in [2.75, 3.05) is 12.4 Å². The van der Waals surface area contributed by atoms with Gasteiger partial charge in [0.05, 0.1) is 31.5 Å². The highest BCUT2D eigenvalue weighted by Gasteiger charge is 2.52. The monoisotopic (exact) mass is 598 g/mol. The van der Waals surface area contributed by atoms with Crippen LogP contribution in [0.15, 0.2) is 24.3 Å². The second-order valence-electron chi connectivity index (χ2n) is 11.3. The van der Waals surface area contributed by atoms with Crippen molar-refractivity contribution in [2.45, 2.75) is 83.7 Å². The molecule has 2 N–H and O–H groups in total. The van der Waals surface area contributed by atoms with Crippen LogP contribution in [0, 0.1) is 11.6 Å². The van der Waals surface area contributed by atoms with Gasteiger partial charge in [0, 0.05) is 12.1 Å². The van der Waals surface area contributed by atoms with Gasteiger partial charge in [0.1, 0.15) is 29.3 Å². The summed E-state index contributed by atoms with van der Waals surface area (Å²) >= 11 is 0. The molecule has 0 aliphatic carbocycles. The Morgan fingerprint density at radius 1 is 1.02 bits per heavy atom. The van der Waals surface area contributed by atoms with Gasteiger partial charge >= 0.3 is 19.3 Å². The first kappa shape index (κ1) is 31.7. The minimum atomic E-state index is -4.66. The zero-order valence-corrected chi connectivity index (χ0v) is 24.0. The molecule has 1 saturated heterocycles. The van der Waals surface area contributed by atoms with E-state index in [1.54, 1.807) is 12.1 Å². The van der Waals surface area contributed by atoms with Crippen LogP contribution in [0.5, 0.6) is 0 Å². The van der Waals surface area contributed by atoms with Crippen LogP contribution in [0.1, 0.15) is 61.7 Å². The summed E-state index contributed by atoms with van der Waals surface area (Å²) in [5, 5.41) is 4.24. The summed E-state index contributed by atoms with van der Waals surface area (Å²) in [5.41, 5.74) is 0.260. The van der Waals surface area contributed by atoms with E-state index in [4.69, 9.17) is 18.8 Å². The smallest absolute Gasteiger partial charge is 0.467 e. The fraction of sp³-hybridized carbons (Fsp3) is 0.500. The van der Waals surface area contributed by atoms with Crippen LogP contribution in [-0.2, 0) is 43.2 Å². The summed E-state index contributed by atoms with van der Waals surface area (Å²) in [6.07, 6.45) is -4.76. The molecule has 1 fully saturated rings. The van der Waals surface area contributed by atoms with Crippen LogP contribution in [-0.4, -0.2) is 55.6 Å². The number of anilines is 1. The Kier molecular flexibility index (Phi) is 8.65. The van der Waals surface area contributed by atoms with Gasteiger partial charge in [-0.3, -0.25) is 4.79 Å². The highest BCUT2D eigenvalue weighted by molar-refractivity contribution is 6.62. The van der Waals surface area contributed by atoms with Gasteiger partial charge in [0.25, 0.3) is 5.91 Å². The molecular weight excluding hydrogens is 566 g/mol. The maximum Gasteiger partial charge on any atom is 0.495 e. The fourth-order valence-corrected chi connectivity index (χ4v) is 4.74. The molecule has 0 spiro atoms. The van der Waals surface area contributed by atoms with Crippen molar-refractivity contribution in [3.63, 3.8) is 0 Å². The Morgan fingerprint density at radius 3 is 2.14 bits per heavy atom. The van der Waals surface area contributed by atoms with Crippen molar-refractivity contribution in [2.24, 2.45) is 0 Å². The number of benzene rings is 2. The molecule has 0 radical (unpaired) electrons. The summed E-state index contributed by atoms with van der Waals surface area (Å²) in [6.45, 7) is 8.98. The van der Waals surface area contributed by atoms with Gasteiger partial charge in [-0.05, 0) is 68.9 Å². The minimum absolute atomic E-state index is 0.0975. The molecule has 2 aromatic carbocycles. The Bertz CT molecular complexity index is 1340. The van der Waals surface area contributed by atoms with Crippen molar-refractivity contribution < 1.29 is 50.3 Å². The average Bonchev–Trinajstić information content (AvgIpc) is 3.44.